The average molecular weight is 335 g/mol. The lowest BCUT2D eigenvalue weighted by Gasteiger charge is -2.33. The number of anilines is 1. The topological polar surface area (TPSA) is 85.8 Å². The van der Waals surface area contributed by atoms with E-state index in [1.165, 1.54) is 16.6 Å². The molecule has 1 saturated heterocycles. The Balaban J connectivity index is 2.14. The molecule has 2 rings (SSSR count). The van der Waals surface area contributed by atoms with E-state index in [1.54, 1.807) is 7.05 Å². The Hall–Kier alpha value is -0.930. The Morgan fingerprint density at radius 2 is 2.05 bits per heavy atom. The molecule has 7 nitrogen and oxygen atoms in total. The largest absolute Gasteiger partial charge is 0.395 e. The van der Waals surface area contributed by atoms with Crippen LogP contribution in [0.25, 0.3) is 0 Å². The second-order valence-electron chi connectivity index (χ2n) is 4.72. The maximum Gasteiger partial charge on any atom is 0.244 e. The van der Waals surface area contributed by atoms with E-state index in [0.717, 1.165) is 0 Å². The fraction of sp³-hybridized carbons (Fsp3) is 0.583. The third kappa shape index (κ3) is 3.64. The van der Waals surface area contributed by atoms with Gasteiger partial charge in [0.05, 0.1) is 11.6 Å². The van der Waals surface area contributed by atoms with Gasteiger partial charge < -0.3 is 10.4 Å². The molecule has 2 N–H and O–H groups in total. The minimum atomic E-state index is -3.58. The summed E-state index contributed by atoms with van der Waals surface area (Å²) in [6.07, 6.45) is 1.31. The molecule has 0 amide bonds. The number of aliphatic hydroxyl groups is 1. The van der Waals surface area contributed by atoms with Gasteiger partial charge >= 0.3 is 0 Å². The van der Waals surface area contributed by atoms with Gasteiger partial charge in [0.25, 0.3) is 0 Å². The first-order valence-electron chi connectivity index (χ1n) is 6.65. The Morgan fingerprint density at radius 3 is 2.57 bits per heavy atom. The van der Waals surface area contributed by atoms with E-state index in [-0.39, 0.29) is 16.5 Å². The van der Waals surface area contributed by atoms with E-state index >= 15 is 0 Å². The lowest BCUT2D eigenvalue weighted by Crippen LogP contribution is -2.49. The normalized spacial score (nSPS) is 17.9. The number of β-amino-alcohol motifs (C(OH)–C–C–N with tert-alkyl or cyclic N) is 1. The summed E-state index contributed by atoms with van der Waals surface area (Å²) in [5, 5.41) is 12.0. The first-order valence-corrected chi connectivity index (χ1v) is 8.47. The Kier molecular flexibility index (Phi) is 5.39. The number of rotatable bonds is 5. The molecule has 0 unspecified atom stereocenters. The minimum absolute atomic E-state index is 0.0811. The lowest BCUT2D eigenvalue weighted by atomic mass is 10.4. The van der Waals surface area contributed by atoms with Gasteiger partial charge in [-0.25, -0.2) is 13.4 Å². The first kappa shape index (κ1) is 16.4. The van der Waals surface area contributed by atoms with Crippen molar-refractivity contribution in [1.29, 1.82) is 0 Å². The van der Waals surface area contributed by atoms with Crippen molar-refractivity contribution in [1.82, 2.24) is 14.2 Å². The molecule has 0 atom stereocenters. The van der Waals surface area contributed by atoms with Crippen LogP contribution in [0.3, 0.4) is 0 Å². The molecule has 21 heavy (non-hydrogen) atoms. The van der Waals surface area contributed by atoms with Gasteiger partial charge in [-0.15, -0.1) is 0 Å². The maximum absolute atomic E-state index is 12.5. The summed E-state index contributed by atoms with van der Waals surface area (Å²) < 4.78 is 26.5. The number of nitrogens with one attached hydrogen (secondary N) is 1. The van der Waals surface area contributed by atoms with Crippen LogP contribution < -0.4 is 5.32 Å². The Bertz CT molecular complexity index is 588. The summed E-state index contributed by atoms with van der Waals surface area (Å²) in [7, 11) is -1.91. The van der Waals surface area contributed by atoms with Crippen LogP contribution in [-0.4, -0.2) is 74.1 Å². The molecular weight excluding hydrogens is 316 g/mol. The summed E-state index contributed by atoms with van der Waals surface area (Å²) in [6, 6.07) is 1.41. The molecule has 1 fully saturated rings. The minimum Gasteiger partial charge on any atom is -0.395 e. The number of piperazine rings is 1. The highest BCUT2D eigenvalue weighted by Gasteiger charge is 2.29. The van der Waals surface area contributed by atoms with Gasteiger partial charge in [0, 0.05) is 46.0 Å². The standard InChI is InChI=1S/C12H19ClN4O3S/c1-14-12-11(13)8-10(9-15-12)21(19,20)17-4-2-16(3-5-17)6-7-18/h8-9,18H,2-7H2,1H3,(H,14,15). The van der Waals surface area contributed by atoms with Gasteiger partial charge in [-0.05, 0) is 6.07 Å². The van der Waals surface area contributed by atoms with Gasteiger partial charge in [0.15, 0.2) is 0 Å². The summed E-state index contributed by atoms with van der Waals surface area (Å²) >= 11 is 5.99. The van der Waals surface area contributed by atoms with Crippen molar-refractivity contribution < 1.29 is 13.5 Å². The van der Waals surface area contributed by atoms with E-state index in [2.05, 4.69) is 10.3 Å². The smallest absolute Gasteiger partial charge is 0.244 e. The van der Waals surface area contributed by atoms with Crippen LogP contribution in [0.2, 0.25) is 5.02 Å². The van der Waals surface area contributed by atoms with E-state index in [9.17, 15) is 8.42 Å². The zero-order valence-electron chi connectivity index (χ0n) is 11.8. The van der Waals surface area contributed by atoms with Crippen LogP contribution >= 0.6 is 11.6 Å². The molecule has 1 aromatic rings. The quantitative estimate of drug-likeness (QED) is 0.793. The zero-order chi connectivity index (χ0) is 15.5. The molecule has 1 aromatic heterocycles. The molecule has 118 valence electrons. The van der Waals surface area contributed by atoms with Gasteiger partial charge in [-0.3, -0.25) is 4.90 Å². The number of hydrogen-bond acceptors (Lipinski definition) is 6. The molecule has 2 heterocycles. The monoisotopic (exact) mass is 334 g/mol. The number of pyridine rings is 1. The lowest BCUT2D eigenvalue weighted by molar-refractivity contribution is 0.151. The highest BCUT2D eigenvalue weighted by atomic mass is 35.5. The molecule has 1 aliphatic rings. The van der Waals surface area contributed by atoms with E-state index in [0.29, 0.717) is 38.5 Å². The number of halogens is 1. The molecule has 0 aromatic carbocycles. The van der Waals surface area contributed by atoms with Crippen LogP contribution in [0, 0.1) is 0 Å². The fourth-order valence-corrected chi connectivity index (χ4v) is 3.95. The molecule has 0 spiro atoms. The Labute approximate surface area is 129 Å². The average Bonchev–Trinajstić information content (AvgIpc) is 2.48. The van der Waals surface area contributed by atoms with Gasteiger partial charge in [0.1, 0.15) is 10.7 Å². The van der Waals surface area contributed by atoms with E-state index in [4.69, 9.17) is 16.7 Å². The molecule has 0 radical (unpaired) electrons. The number of sulfonamides is 1. The van der Waals surface area contributed by atoms with Crippen molar-refractivity contribution in [2.45, 2.75) is 4.90 Å². The third-order valence-corrected chi connectivity index (χ3v) is 5.59. The summed E-state index contributed by atoms with van der Waals surface area (Å²) in [6.45, 7) is 2.66. The first-order chi connectivity index (χ1) is 9.98. The third-order valence-electron chi connectivity index (χ3n) is 3.44. The van der Waals surface area contributed by atoms with Crippen molar-refractivity contribution in [3.05, 3.63) is 17.3 Å². The van der Waals surface area contributed by atoms with Crippen molar-refractivity contribution >= 4 is 27.4 Å². The fourth-order valence-electron chi connectivity index (χ4n) is 2.23. The van der Waals surface area contributed by atoms with Crippen LogP contribution in [0.4, 0.5) is 5.82 Å². The predicted molar refractivity (Wildman–Crippen MR) is 81.1 cm³/mol. The van der Waals surface area contributed by atoms with Gasteiger partial charge in [-0.2, -0.15) is 4.31 Å². The Morgan fingerprint density at radius 1 is 1.38 bits per heavy atom. The van der Waals surface area contributed by atoms with Gasteiger partial charge in [-0.1, -0.05) is 11.6 Å². The molecular formula is C12H19ClN4O3S. The SMILES string of the molecule is CNc1ncc(S(=O)(=O)N2CCN(CCO)CC2)cc1Cl. The van der Waals surface area contributed by atoms with E-state index in [1.807, 2.05) is 4.90 Å². The molecule has 0 saturated carbocycles. The number of nitrogens with zero attached hydrogens (tertiary/aromatic N) is 3. The molecule has 9 heteroatoms. The van der Waals surface area contributed by atoms with Crippen molar-refractivity contribution in [2.75, 3.05) is 51.7 Å². The van der Waals surface area contributed by atoms with Crippen LogP contribution in [-0.2, 0) is 10.0 Å². The predicted octanol–water partition coefficient (Wildman–Crippen LogP) is 0.0753. The molecule has 0 bridgehead atoms. The zero-order valence-corrected chi connectivity index (χ0v) is 13.4. The summed E-state index contributed by atoms with van der Waals surface area (Å²) in [5.41, 5.74) is 0. The van der Waals surface area contributed by atoms with Crippen molar-refractivity contribution in [3.8, 4) is 0 Å². The second kappa shape index (κ2) is 6.89. The number of aliphatic hydroxyl groups excluding tert-OH is 1. The van der Waals surface area contributed by atoms with Crippen molar-refractivity contribution in [2.24, 2.45) is 0 Å². The molecule has 0 aliphatic carbocycles. The van der Waals surface area contributed by atoms with Crippen LogP contribution in [0.1, 0.15) is 0 Å². The highest BCUT2D eigenvalue weighted by Crippen LogP contribution is 2.24. The van der Waals surface area contributed by atoms with E-state index < -0.39 is 10.0 Å². The van der Waals surface area contributed by atoms with Gasteiger partial charge in [0.2, 0.25) is 10.0 Å². The van der Waals surface area contributed by atoms with Crippen LogP contribution in [0.15, 0.2) is 17.2 Å². The van der Waals surface area contributed by atoms with Crippen LogP contribution in [0.5, 0.6) is 0 Å². The molecule has 1 aliphatic heterocycles. The second-order valence-corrected chi connectivity index (χ2v) is 7.07. The van der Waals surface area contributed by atoms with Crippen molar-refractivity contribution in [3.63, 3.8) is 0 Å². The number of aromatic nitrogens is 1. The summed E-state index contributed by atoms with van der Waals surface area (Å²) in [5.74, 6) is 0.448. The summed E-state index contributed by atoms with van der Waals surface area (Å²) in [4.78, 5) is 6.14. The highest BCUT2D eigenvalue weighted by molar-refractivity contribution is 7.89. The maximum atomic E-state index is 12.5. The number of hydrogen-bond donors (Lipinski definition) is 2.